The number of carbonyl (C=O) groups excluding carboxylic acids is 1. The van der Waals surface area contributed by atoms with Gasteiger partial charge in [0, 0.05) is 4.88 Å². The lowest BCUT2D eigenvalue weighted by molar-refractivity contribution is -0.118. The Morgan fingerprint density at radius 2 is 2.25 bits per heavy atom. The van der Waals surface area contributed by atoms with Crippen LogP contribution in [0.5, 0.6) is 0 Å². The van der Waals surface area contributed by atoms with Crippen LogP contribution in [0.25, 0.3) is 10.2 Å². The lowest BCUT2D eigenvalue weighted by atomic mass is 10.3. The van der Waals surface area contributed by atoms with Crippen molar-refractivity contribution in [2.45, 2.75) is 13.5 Å². The number of nitrogens with zero attached hydrogens (tertiary/aromatic N) is 1. The first-order chi connectivity index (χ1) is 7.49. The maximum atomic E-state index is 11.8. The van der Waals surface area contributed by atoms with Crippen LogP contribution in [-0.4, -0.2) is 15.5 Å². The zero-order chi connectivity index (χ0) is 11.9. The van der Waals surface area contributed by atoms with E-state index in [4.69, 9.17) is 5.73 Å². The standard InChI is InChI=1S/C9H9N3O3S/c1-4-2-5-7(16-4)11-9(15)12(8(5)14)3-6(10)13/h2H,3H2,1H3,(H2,10,13)(H,11,15). The Bertz CT molecular complexity index is 679. The molecule has 2 aromatic heterocycles. The molecule has 0 aromatic carbocycles. The molecular formula is C9H9N3O3S. The number of primary amides is 1. The molecule has 0 aliphatic carbocycles. The average Bonchev–Trinajstić information content (AvgIpc) is 2.53. The van der Waals surface area contributed by atoms with Crippen molar-refractivity contribution < 1.29 is 4.79 Å². The van der Waals surface area contributed by atoms with E-state index < -0.39 is 23.7 Å². The number of hydrogen-bond donors (Lipinski definition) is 2. The van der Waals surface area contributed by atoms with Crippen LogP contribution in [0.1, 0.15) is 4.88 Å². The van der Waals surface area contributed by atoms with Gasteiger partial charge >= 0.3 is 5.69 Å². The molecule has 0 bridgehead atoms. The number of aromatic amines is 1. The molecule has 0 fully saturated rings. The third kappa shape index (κ3) is 1.65. The summed E-state index contributed by atoms with van der Waals surface area (Å²) in [6.07, 6.45) is 0. The van der Waals surface area contributed by atoms with Gasteiger partial charge in [0.05, 0.1) is 5.39 Å². The van der Waals surface area contributed by atoms with Crippen molar-refractivity contribution >= 4 is 27.5 Å². The van der Waals surface area contributed by atoms with Crippen LogP contribution < -0.4 is 17.0 Å². The number of nitrogens with one attached hydrogen (secondary N) is 1. The summed E-state index contributed by atoms with van der Waals surface area (Å²) in [6.45, 7) is 1.43. The average molecular weight is 239 g/mol. The van der Waals surface area contributed by atoms with Crippen molar-refractivity contribution in [2.75, 3.05) is 0 Å². The first-order valence-electron chi connectivity index (χ1n) is 4.50. The van der Waals surface area contributed by atoms with E-state index in [1.165, 1.54) is 11.3 Å². The second-order valence-electron chi connectivity index (χ2n) is 3.39. The van der Waals surface area contributed by atoms with E-state index in [9.17, 15) is 14.4 Å². The Morgan fingerprint density at radius 1 is 1.56 bits per heavy atom. The molecule has 0 unspecified atom stereocenters. The highest BCUT2D eigenvalue weighted by atomic mass is 32.1. The van der Waals surface area contributed by atoms with E-state index in [0.29, 0.717) is 10.2 Å². The van der Waals surface area contributed by atoms with Gasteiger partial charge in [0.25, 0.3) is 5.56 Å². The predicted molar refractivity (Wildman–Crippen MR) is 60.6 cm³/mol. The molecule has 16 heavy (non-hydrogen) atoms. The molecule has 0 saturated heterocycles. The highest BCUT2D eigenvalue weighted by molar-refractivity contribution is 7.18. The van der Waals surface area contributed by atoms with E-state index >= 15 is 0 Å². The number of aromatic nitrogens is 2. The molecule has 7 heteroatoms. The SMILES string of the molecule is Cc1cc2c(=O)n(CC(N)=O)c(=O)[nH]c2s1. The summed E-state index contributed by atoms with van der Waals surface area (Å²) in [5.74, 6) is -0.723. The Hall–Kier alpha value is -1.89. The van der Waals surface area contributed by atoms with Crippen LogP contribution in [-0.2, 0) is 11.3 Å². The first-order valence-corrected chi connectivity index (χ1v) is 5.32. The van der Waals surface area contributed by atoms with Crippen LogP contribution in [0.15, 0.2) is 15.7 Å². The van der Waals surface area contributed by atoms with Crippen molar-refractivity contribution in [3.63, 3.8) is 0 Å². The number of carbonyl (C=O) groups is 1. The highest BCUT2D eigenvalue weighted by Gasteiger charge is 2.11. The van der Waals surface area contributed by atoms with Gasteiger partial charge in [0.15, 0.2) is 0 Å². The zero-order valence-electron chi connectivity index (χ0n) is 8.44. The van der Waals surface area contributed by atoms with Gasteiger partial charge in [-0.2, -0.15) is 0 Å². The predicted octanol–water partition coefficient (Wildman–Crippen LogP) is -0.455. The minimum atomic E-state index is -0.723. The number of rotatable bonds is 2. The van der Waals surface area contributed by atoms with Gasteiger partial charge in [-0.25, -0.2) is 4.79 Å². The highest BCUT2D eigenvalue weighted by Crippen LogP contribution is 2.18. The van der Waals surface area contributed by atoms with E-state index in [-0.39, 0.29) is 0 Å². The van der Waals surface area contributed by atoms with Gasteiger partial charge in [-0.1, -0.05) is 0 Å². The molecule has 0 aliphatic rings. The summed E-state index contributed by atoms with van der Waals surface area (Å²) in [6, 6.07) is 1.68. The molecule has 1 amide bonds. The smallest absolute Gasteiger partial charge is 0.329 e. The fourth-order valence-electron chi connectivity index (χ4n) is 1.47. The summed E-state index contributed by atoms with van der Waals surface area (Å²) in [5.41, 5.74) is 3.87. The quantitative estimate of drug-likeness (QED) is 0.742. The van der Waals surface area contributed by atoms with Crippen LogP contribution in [0, 0.1) is 6.92 Å². The molecule has 0 saturated carbocycles. The van der Waals surface area contributed by atoms with Crippen LogP contribution in [0.4, 0.5) is 0 Å². The zero-order valence-corrected chi connectivity index (χ0v) is 9.26. The second kappa shape index (κ2) is 3.60. The van der Waals surface area contributed by atoms with Gasteiger partial charge < -0.3 is 5.73 Å². The molecule has 2 aromatic rings. The molecule has 3 N–H and O–H groups in total. The van der Waals surface area contributed by atoms with Gasteiger partial charge in [-0.15, -0.1) is 11.3 Å². The number of fused-ring (bicyclic) bond motifs is 1. The maximum absolute atomic E-state index is 11.8. The Kier molecular flexibility index (Phi) is 2.39. The van der Waals surface area contributed by atoms with Crippen molar-refractivity contribution in [3.8, 4) is 0 Å². The number of thiophene rings is 1. The molecule has 0 radical (unpaired) electrons. The fourth-order valence-corrected chi connectivity index (χ4v) is 2.36. The topological polar surface area (TPSA) is 97.9 Å². The number of aryl methyl sites for hydroxylation is 1. The van der Waals surface area contributed by atoms with Gasteiger partial charge in [-0.3, -0.25) is 19.1 Å². The summed E-state index contributed by atoms with van der Waals surface area (Å²) >= 11 is 1.32. The third-order valence-corrected chi connectivity index (χ3v) is 3.08. The largest absolute Gasteiger partial charge is 0.368 e. The van der Waals surface area contributed by atoms with Gasteiger partial charge in [0.2, 0.25) is 5.91 Å². The van der Waals surface area contributed by atoms with Gasteiger partial charge in [0.1, 0.15) is 11.4 Å². The lowest BCUT2D eigenvalue weighted by Gasteiger charge is -2.00. The Morgan fingerprint density at radius 3 is 2.88 bits per heavy atom. The molecule has 0 atom stereocenters. The molecule has 2 rings (SSSR count). The summed E-state index contributed by atoms with van der Waals surface area (Å²) < 4.78 is 0.802. The monoisotopic (exact) mass is 239 g/mol. The first kappa shape index (κ1) is 10.6. The molecule has 0 aliphatic heterocycles. The number of hydrogen-bond acceptors (Lipinski definition) is 4. The molecular weight excluding hydrogens is 230 g/mol. The van der Waals surface area contributed by atoms with Gasteiger partial charge in [-0.05, 0) is 13.0 Å². The number of H-pyrrole nitrogens is 1. The Balaban J connectivity index is 2.80. The lowest BCUT2D eigenvalue weighted by Crippen LogP contribution is -2.38. The Labute approximate surface area is 93.3 Å². The van der Waals surface area contributed by atoms with Crippen molar-refractivity contribution in [3.05, 3.63) is 31.8 Å². The van der Waals surface area contributed by atoms with E-state index in [2.05, 4.69) is 4.98 Å². The number of amides is 1. The summed E-state index contributed by atoms with van der Waals surface area (Å²) in [7, 11) is 0. The molecule has 84 valence electrons. The molecule has 0 spiro atoms. The maximum Gasteiger partial charge on any atom is 0.329 e. The van der Waals surface area contributed by atoms with Crippen molar-refractivity contribution in [2.24, 2.45) is 5.73 Å². The van der Waals surface area contributed by atoms with E-state index in [1.807, 2.05) is 6.92 Å². The molecule has 6 nitrogen and oxygen atoms in total. The third-order valence-electron chi connectivity index (χ3n) is 2.11. The van der Waals surface area contributed by atoms with E-state index in [1.54, 1.807) is 6.07 Å². The second-order valence-corrected chi connectivity index (χ2v) is 4.64. The fraction of sp³-hybridized carbons (Fsp3) is 0.222. The normalized spacial score (nSPS) is 10.8. The van der Waals surface area contributed by atoms with E-state index in [0.717, 1.165) is 9.44 Å². The van der Waals surface area contributed by atoms with Crippen molar-refractivity contribution in [1.82, 2.24) is 9.55 Å². The summed E-state index contributed by atoms with van der Waals surface area (Å²) in [4.78, 5) is 38.1. The minimum Gasteiger partial charge on any atom is -0.368 e. The number of nitrogens with two attached hydrogens (primary N) is 1. The van der Waals surface area contributed by atoms with Crippen LogP contribution in [0.3, 0.4) is 0 Å². The summed E-state index contributed by atoms with van der Waals surface area (Å²) in [5, 5.41) is 0.406. The van der Waals surface area contributed by atoms with Crippen molar-refractivity contribution in [1.29, 1.82) is 0 Å². The molecule has 2 heterocycles. The van der Waals surface area contributed by atoms with Crippen LogP contribution in [0.2, 0.25) is 0 Å². The minimum absolute atomic E-state index is 0.404. The van der Waals surface area contributed by atoms with Crippen LogP contribution >= 0.6 is 11.3 Å².